The topological polar surface area (TPSA) is 85.8 Å². The van der Waals surface area contributed by atoms with Gasteiger partial charge in [-0.1, -0.05) is 18.2 Å². The number of pyridine rings is 1. The maximum absolute atomic E-state index is 13.1. The fourth-order valence-corrected chi connectivity index (χ4v) is 4.32. The number of hydrogen-bond donors (Lipinski definition) is 2. The molecule has 1 fully saturated rings. The van der Waals surface area contributed by atoms with Crippen LogP contribution in [0.25, 0.3) is 0 Å². The van der Waals surface area contributed by atoms with E-state index in [9.17, 15) is 14.7 Å². The summed E-state index contributed by atoms with van der Waals surface area (Å²) in [5, 5.41) is 12.9. The van der Waals surface area contributed by atoms with Gasteiger partial charge >= 0.3 is 6.03 Å². The maximum atomic E-state index is 13.1. The number of hydrogen-bond acceptors (Lipinski definition) is 4. The van der Waals surface area contributed by atoms with Crippen molar-refractivity contribution in [1.29, 1.82) is 0 Å². The quantitative estimate of drug-likeness (QED) is 0.853. The fourth-order valence-electron chi connectivity index (χ4n) is 4.32. The van der Waals surface area contributed by atoms with Gasteiger partial charge in [0.15, 0.2) is 0 Å². The monoisotopic (exact) mass is 380 g/mol. The second-order valence-electron chi connectivity index (χ2n) is 7.57. The molecule has 0 unspecified atom stereocenters. The number of aliphatic hydroxyl groups excluding tert-OH is 1. The van der Waals surface area contributed by atoms with E-state index in [4.69, 9.17) is 0 Å². The van der Waals surface area contributed by atoms with Crippen LogP contribution in [0.1, 0.15) is 35.7 Å². The molecule has 0 spiro atoms. The molecule has 1 saturated heterocycles. The van der Waals surface area contributed by atoms with Crippen LogP contribution < -0.4 is 10.2 Å². The summed E-state index contributed by atoms with van der Waals surface area (Å²) in [5.41, 5.74) is 2.32. The zero-order chi connectivity index (χ0) is 19.8. The molecule has 7 nitrogen and oxygen atoms in total. The number of aromatic nitrogens is 1. The van der Waals surface area contributed by atoms with E-state index in [1.165, 1.54) is 6.20 Å². The van der Waals surface area contributed by atoms with Gasteiger partial charge in [-0.05, 0) is 37.6 Å². The molecule has 0 radical (unpaired) electrons. The number of nitrogens with one attached hydrogen (secondary N) is 1. The Morgan fingerprint density at radius 2 is 2.04 bits per heavy atom. The third-order valence-corrected chi connectivity index (χ3v) is 5.49. The van der Waals surface area contributed by atoms with Gasteiger partial charge in [-0.15, -0.1) is 0 Å². The normalized spacial score (nSPS) is 22.9. The van der Waals surface area contributed by atoms with Crippen molar-refractivity contribution in [2.45, 2.75) is 37.9 Å². The van der Waals surface area contributed by atoms with Gasteiger partial charge in [0.25, 0.3) is 5.91 Å². The van der Waals surface area contributed by atoms with Crippen molar-refractivity contribution in [2.24, 2.45) is 0 Å². The van der Waals surface area contributed by atoms with Crippen molar-refractivity contribution in [3.63, 3.8) is 0 Å². The van der Waals surface area contributed by atoms with Gasteiger partial charge in [0, 0.05) is 36.6 Å². The van der Waals surface area contributed by atoms with Gasteiger partial charge in [-0.2, -0.15) is 0 Å². The van der Waals surface area contributed by atoms with Gasteiger partial charge < -0.3 is 15.3 Å². The lowest BCUT2D eigenvalue weighted by atomic mass is 9.71. The minimum atomic E-state index is -0.311. The Balaban J connectivity index is 1.69. The Bertz CT molecular complexity index is 886. The summed E-state index contributed by atoms with van der Waals surface area (Å²) >= 11 is 0. The largest absolute Gasteiger partial charge is 0.394 e. The SMILES string of the molecule is CC(C)NC(=O)N1C[C@H]2[C@@H](c3ccccc31)[C@H](CO)N2C(=O)c1cccnc1. The predicted octanol–water partition coefficient (Wildman–Crippen LogP) is 1.99. The number of para-hydroxylation sites is 1. The number of benzene rings is 1. The lowest BCUT2D eigenvalue weighted by Gasteiger charge is -2.58. The molecule has 0 saturated carbocycles. The molecule has 0 bridgehead atoms. The number of urea groups is 1. The van der Waals surface area contributed by atoms with E-state index in [1.807, 2.05) is 38.1 Å². The summed E-state index contributed by atoms with van der Waals surface area (Å²) in [5.74, 6) is -0.165. The Morgan fingerprint density at radius 1 is 1.25 bits per heavy atom. The molecule has 2 aromatic rings. The van der Waals surface area contributed by atoms with Crippen LogP contribution in [0, 0.1) is 0 Å². The first-order chi connectivity index (χ1) is 13.5. The van der Waals surface area contributed by atoms with Crippen molar-refractivity contribution >= 4 is 17.6 Å². The Hall–Kier alpha value is -2.93. The highest BCUT2D eigenvalue weighted by molar-refractivity contribution is 5.97. The van der Waals surface area contributed by atoms with Crippen LogP contribution in [0.2, 0.25) is 0 Å². The summed E-state index contributed by atoms with van der Waals surface area (Å²) in [6, 6.07) is 10.5. The molecule has 4 rings (SSSR count). The molecule has 1 aromatic heterocycles. The van der Waals surface area contributed by atoms with E-state index < -0.39 is 0 Å². The van der Waals surface area contributed by atoms with Gasteiger partial charge in [0.2, 0.25) is 0 Å². The molecule has 3 amide bonds. The zero-order valence-corrected chi connectivity index (χ0v) is 15.9. The number of rotatable bonds is 3. The van der Waals surface area contributed by atoms with E-state index in [2.05, 4.69) is 10.3 Å². The first-order valence-electron chi connectivity index (χ1n) is 9.53. The highest BCUT2D eigenvalue weighted by atomic mass is 16.3. The molecule has 28 heavy (non-hydrogen) atoms. The minimum absolute atomic E-state index is 0.00456. The fraction of sp³-hybridized carbons (Fsp3) is 0.381. The van der Waals surface area contributed by atoms with Crippen LogP contribution in [0.3, 0.4) is 0 Å². The molecule has 1 aromatic carbocycles. The highest BCUT2D eigenvalue weighted by Gasteiger charge is 2.55. The molecule has 3 atom stereocenters. The van der Waals surface area contributed by atoms with Crippen LogP contribution in [0.4, 0.5) is 10.5 Å². The van der Waals surface area contributed by atoms with Gasteiger partial charge in [0.1, 0.15) is 0 Å². The van der Waals surface area contributed by atoms with E-state index >= 15 is 0 Å². The molecule has 2 aliphatic heterocycles. The number of nitrogens with zero attached hydrogens (tertiary/aromatic N) is 3. The molecular formula is C21H24N4O3. The first kappa shape index (κ1) is 18.4. The average molecular weight is 380 g/mol. The summed E-state index contributed by atoms with van der Waals surface area (Å²) in [7, 11) is 0. The number of amides is 3. The summed E-state index contributed by atoms with van der Waals surface area (Å²) in [4.78, 5) is 33.3. The third-order valence-electron chi connectivity index (χ3n) is 5.49. The van der Waals surface area contributed by atoms with Crippen LogP contribution in [0.5, 0.6) is 0 Å². The lowest BCUT2D eigenvalue weighted by molar-refractivity contribution is -0.0243. The molecule has 2 N–H and O–H groups in total. The van der Waals surface area contributed by atoms with Crippen LogP contribution >= 0.6 is 0 Å². The highest BCUT2D eigenvalue weighted by Crippen LogP contribution is 2.48. The molecule has 0 aliphatic carbocycles. The minimum Gasteiger partial charge on any atom is -0.394 e. The number of fused-ring (bicyclic) bond motifs is 3. The Labute approximate surface area is 164 Å². The number of carbonyl (C=O) groups is 2. The number of anilines is 1. The number of carbonyl (C=O) groups excluding carboxylic acids is 2. The molecule has 146 valence electrons. The molecule has 3 heterocycles. The van der Waals surface area contributed by atoms with E-state index in [1.54, 1.807) is 28.1 Å². The van der Waals surface area contributed by atoms with Crippen molar-refractivity contribution in [2.75, 3.05) is 18.1 Å². The number of aliphatic hydroxyl groups is 1. The average Bonchev–Trinajstić information content (AvgIpc) is 2.68. The summed E-state index contributed by atoms with van der Waals surface area (Å²) < 4.78 is 0. The predicted molar refractivity (Wildman–Crippen MR) is 105 cm³/mol. The lowest BCUT2D eigenvalue weighted by Crippen LogP contribution is -2.71. The van der Waals surface area contributed by atoms with E-state index in [0.717, 1.165) is 11.3 Å². The van der Waals surface area contributed by atoms with Gasteiger partial charge in [-0.3, -0.25) is 14.7 Å². The molecule has 2 aliphatic rings. The van der Waals surface area contributed by atoms with Crippen molar-refractivity contribution in [3.8, 4) is 0 Å². The summed E-state index contributed by atoms with van der Waals surface area (Å²) in [6.45, 7) is 4.10. The number of likely N-dealkylation sites (tertiary alicyclic amines) is 1. The Morgan fingerprint density at radius 3 is 2.71 bits per heavy atom. The second-order valence-corrected chi connectivity index (χ2v) is 7.57. The summed E-state index contributed by atoms with van der Waals surface area (Å²) in [6.07, 6.45) is 3.15. The zero-order valence-electron chi connectivity index (χ0n) is 15.9. The smallest absolute Gasteiger partial charge is 0.322 e. The van der Waals surface area contributed by atoms with Crippen molar-refractivity contribution in [3.05, 3.63) is 59.9 Å². The molecule has 7 heteroatoms. The van der Waals surface area contributed by atoms with E-state index in [0.29, 0.717) is 12.1 Å². The maximum Gasteiger partial charge on any atom is 0.322 e. The van der Waals surface area contributed by atoms with Crippen LogP contribution in [-0.4, -0.2) is 58.2 Å². The van der Waals surface area contributed by atoms with Gasteiger partial charge in [0.05, 0.1) is 24.3 Å². The van der Waals surface area contributed by atoms with Crippen LogP contribution in [0.15, 0.2) is 48.8 Å². The van der Waals surface area contributed by atoms with Crippen molar-refractivity contribution in [1.82, 2.24) is 15.2 Å². The standard InChI is InChI=1S/C21H24N4O3/c1-13(2)23-21(28)24-11-17-19(15-7-3-4-8-16(15)24)18(12-26)25(17)20(27)14-6-5-9-22-10-14/h3-10,13,17-19,26H,11-12H2,1-2H3,(H,23,28)/t17-,18-,19+/m0/s1. The third kappa shape index (κ3) is 2.92. The molecular weight excluding hydrogens is 356 g/mol. The van der Waals surface area contributed by atoms with Crippen molar-refractivity contribution < 1.29 is 14.7 Å². The Kier molecular flexibility index (Phi) is 4.77. The van der Waals surface area contributed by atoms with E-state index in [-0.39, 0.29) is 42.6 Å². The second kappa shape index (κ2) is 7.24. The van der Waals surface area contributed by atoms with Gasteiger partial charge in [-0.25, -0.2) is 4.79 Å². The first-order valence-corrected chi connectivity index (χ1v) is 9.53. The van der Waals surface area contributed by atoms with Crippen LogP contribution in [-0.2, 0) is 0 Å².